The number of benzene rings is 2. The quantitative estimate of drug-likeness (QED) is 0.339. The Morgan fingerprint density at radius 1 is 1.11 bits per heavy atom. The number of aryl methyl sites for hydroxylation is 1. The number of nitrogens with one attached hydrogen (secondary N) is 2. The van der Waals surface area contributed by atoms with E-state index in [1.807, 2.05) is 19.9 Å². The van der Waals surface area contributed by atoms with Crippen molar-refractivity contribution in [2.75, 3.05) is 31.6 Å². The second-order valence-electron chi connectivity index (χ2n) is 8.60. The summed E-state index contributed by atoms with van der Waals surface area (Å²) < 4.78 is 32.3. The highest BCUT2D eigenvalue weighted by atomic mass is 32.2. The van der Waals surface area contributed by atoms with Crippen LogP contribution in [0.1, 0.15) is 21.6 Å². The zero-order valence-corrected chi connectivity index (χ0v) is 21.8. The summed E-state index contributed by atoms with van der Waals surface area (Å²) in [5, 5.41) is 22.2. The molecule has 192 valence electrons. The Kier molecular flexibility index (Phi) is 6.82. The number of hydrogen-bond donors (Lipinski definition) is 3. The van der Waals surface area contributed by atoms with Crippen LogP contribution in [0.5, 0.6) is 5.75 Å². The Hall–Kier alpha value is -3.58. The third kappa shape index (κ3) is 5.01. The van der Waals surface area contributed by atoms with Gasteiger partial charge in [0.15, 0.2) is 5.13 Å². The molecular formula is C25H25N5O5S2. The predicted octanol–water partition coefficient (Wildman–Crippen LogP) is 3.80. The van der Waals surface area contributed by atoms with Gasteiger partial charge in [-0.1, -0.05) is 18.2 Å². The lowest BCUT2D eigenvalue weighted by molar-refractivity contribution is 0.0730. The SMILES string of the molecule is Cc1ccc(-c2cc(C(=O)Nc3nc(-c4ccc(S(=O)(=O)N5CCOCC5)cc4)cs3)[nH]n2)c(O)c1C. The predicted molar refractivity (Wildman–Crippen MR) is 140 cm³/mol. The second-order valence-corrected chi connectivity index (χ2v) is 11.4. The highest BCUT2D eigenvalue weighted by Gasteiger charge is 2.26. The van der Waals surface area contributed by atoms with E-state index in [1.54, 1.807) is 41.8 Å². The molecule has 5 rings (SSSR count). The van der Waals surface area contributed by atoms with Crippen molar-refractivity contribution in [3.8, 4) is 28.3 Å². The van der Waals surface area contributed by atoms with E-state index in [9.17, 15) is 18.3 Å². The van der Waals surface area contributed by atoms with E-state index in [-0.39, 0.29) is 16.3 Å². The van der Waals surface area contributed by atoms with E-state index < -0.39 is 15.9 Å². The molecule has 0 radical (unpaired) electrons. The summed E-state index contributed by atoms with van der Waals surface area (Å²) in [6.45, 7) is 5.18. The van der Waals surface area contributed by atoms with E-state index in [1.165, 1.54) is 15.6 Å². The number of nitrogens with zero attached hydrogens (tertiary/aromatic N) is 3. The number of hydrogen-bond acceptors (Lipinski definition) is 8. The zero-order chi connectivity index (χ0) is 26.2. The number of sulfonamides is 1. The van der Waals surface area contributed by atoms with Crippen molar-refractivity contribution in [3.63, 3.8) is 0 Å². The molecule has 3 heterocycles. The number of amides is 1. The van der Waals surface area contributed by atoms with Crippen LogP contribution in [0.2, 0.25) is 0 Å². The van der Waals surface area contributed by atoms with Gasteiger partial charge in [0.25, 0.3) is 5.91 Å². The molecule has 3 N–H and O–H groups in total. The second kappa shape index (κ2) is 10.1. The number of H-pyrrole nitrogens is 1. The normalized spacial score (nSPS) is 14.5. The van der Waals surface area contributed by atoms with Crippen molar-refractivity contribution in [2.24, 2.45) is 0 Å². The summed E-state index contributed by atoms with van der Waals surface area (Å²) in [5.41, 5.74) is 4.28. The maximum Gasteiger partial charge on any atom is 0.275 e. The van der Waals surface area contributed by atoms with Crippen LogP contribution in [0.4, 0.5) is 5.13 Å². The molecule has 1 aliphatic heterocycles. The number of morpholine rings is 1. The van der Waals surface area contributed by atoms with Crippen molar-refractivity contribution >= 4 is 32.4 Å². The minimum atomic E-state index is -3.57. The molecule has 1 fully saturated rings. The molecule has 0 unspecified atom stereocenters. The van der Waals surface area contributed by atoms with Crippen molar-refractivity contribution in [1.82, 2.24) is 19.5 Å². The molecule has 1 saturated heterocycles. The Balaban J connectivity index is 1.28. The van der Waals surface area contributed by atoms with Gasteiger partial charge in [-0.05, 0) is 49.2 Å². The topological polar surface area (TPSA) is 138 Å². The molecular weight excluding hydrogens is 514 g/mol. The first-order valence-corrected chi connectivity index (χ1v) is 13.9. The smallest absolute Gasteiger partial charge is 0.275 e. The van der Waals surface area contributed by atoms with Crippen molar-refractivity contribution in [3.05, 3.63) is 64.7 Å². The van der Waals surface area contributed by atoms with Crippen LogP contribution < -0.4 is 5.32 Å². The van der Waals surface area contributed by atoms with Gasteiger partial charge in [-0.2, -0.15) is 9.40 Å². The molecule has 0 saturated carbocycles. The molecule has 0 bridgehead atoms. The van der Waals surface area contributed by atoms with Gasteiger partial charge in [0, 0.05) is 29.6 Å². The number of rotatable bonds is 6. The number of thiazole rings is 1. The molecule has 2 aromatic carbocycles. The summed E-state index contributed by atoms with van der Waals surface area (Å²) in [5.74, 6) is -0.290. The van der Waals surface area contributed by atoms with Crippen molar-refractivity contribution in [2.45, 2.75) is 18.7 Å². The van der Waals surface area contributed by atoms with Crippen LogP contribution >= 0.6 is 11.3 Å². The standard InChI is InChI=1S/C25H25N5O5S2/c1-15-3-8-19(23(31)16(15)2)20-13-21(29-28-20)24(32)27-25-26-22(14-36-25)17-4-6-18(7-5-17)37(33,34)30-9-11-35-12-10-30/h3-8,13-14,31H,9-12H2,1-2H3,(H,28,29)(H,26,27,32). The Labute approximate surface area is 218 Å². The largest absolute Gasteiger partial charge is 0.507 e. The van der Waals surface area contributed by atoms with Crippen LogP contribution in [0.15, 0.2) is 52.7 Å². The zero-order valence-electron chi connectivity index (χ0n) is 20.2. The summed E-state index contributed by atoms with van der Waals surface area (Å²) in [6, 6.07) is 11.7. The fourth-order valence-corrected chi connectivity index (χ4v) is 6.07. The number of anilines is 1. The number of aromatic amines is 1. The van der Waals surface area contributed by atoms with E-state index in [0.29, 0.717) is 48.4 Å². The highest BCUT2D eigenvalue weighted by Crippen LogP contribution is 2.33. The summed E-state index contributed by atoms with van der Waals surface area (Å²) in [7, 11) is -3.57. The van der Waals surface area contributed by atoms with E-state index in [2.05, 4.69) is 20.5 Å². The lowest BCUT2D eigenvalue weighted by atomic mass is 10.0. The number of ether oxygens (including phenoxy) is 1. The minimum absolute atomic E-state index is 0.131. The lowest BCUT2D eigenvalue weighted by Gasteiger charge is -2.26. The fraction of sp³-hybridized carbons (Fsp3) is 0.240. The number of aromatic nitrogens is 3. The average molecular weight is 540 g/mol. The van der Waals surface area contributed by atoms with Gasteiger partial charge in [0.1, 0.15) is 11.4 Å². The molecule has 10 nitrogen and oxygen atoms in total. The molecule has 0 aliphatic carbocycles. The number of phenols is 1. The monoisotopic (exact) mass is 539 g/mol. The van der Waals surface area contributed by atoms with Crippen LogP contribution in [0.25, 0.3) is 22.5 Å². The van der Waals surface area contributed by atoms with Gasteiger partial charge in [-0.15, -0.1) is 11.3 Å². The van der Waals surface area contributed by atoms with Crippen LogP contribution in [-0.4, -0.2) is 65.2 Å². The number of phenolic OH excluding ortho intramolecular Hbond substituents is 1. The number of carbonyl (C=O) groups excluding carboxylic acids is 1. The third-order valence-electron chi connectivity index (χ3n) is 6.28. The van der Waals surface area contributed by atoms with Crippen molar-refractivity contribution < 1.29 is 23.1 Å². The van der Waals surface area contributed by atoms with Crippen LogP contribution in [0.3, 0.4) is 0 Å². The van der Waals surface area contributed by atoms with Gasteiger partial charge in [0.2, 0.25) is 10.0 Å². The van der Waals surface area contributed by atoms with Gasteiger partial charge in [-0.3, -0.25) is 15.2 Å². The van der Waals surface area contributed by atoms with Gasteiger partial charge < -0.3 is 9.84 Å². The van der Waals surface area contributed by atoms with Gasteiger partial charge in [-0.25, -0.2) is 13.4 Å². The first kappa shape index (κ1) is 25.1. The molecule has 1 amide bonds. The van der Waals surface area contributed by atoms with Gasteiger partial charge >= 0.3 is 0 Å². The lowest BCUT2D eigenvalue weighted by Crippen LogP contribution is -2.40. The maximum atomic E-state index is 12.8. The molecule has 37 heavy (non-hydrogen) atoms. The van der Waals surface area contributed by atoms with Crippen molar-refractivity contribution in [1.29, 1.82) is 0 Å². The number of carbonyl (C=O) groups is 1. The summed E-state index contributed by atoms with van der Waals surface area (Å²) in [4.78, 5) is 17.4. The summed E-state index contributed by atoms with van der Waals surface area (Å²) in [6.07, 6.45) is 0. The first-order valence-electron chi connectivity index (χ1n) is 11.5. The molecule has 2 aromatic heterocycles. The van der Waals surface area contributed by atoms with E-state index in [0.717, 1.165) is 16.7 Å². The molecule has 0 atom stereocenters. The Morgan fingerprint density at radius 2 is 1.84 bits per heavy atom. The van der Waals surface area contributed by atoms with Gasteiger partial charge in [0.05, 0.1) is 29.5 Å². The Morgan fingerprint density at radius 3 is 2.57 bits per heavy atom. The molecule has 1 aliphatic rings. The van der Waals surface area contributed by atoms with Crippen LogP contribution in [0, 0.1) is 13.8 Å². The van der Waals surface area contributed by atoms with E-state index >= 15 is 0 Å². The highest BCUT2D eigenvalue weighted by molar-refractivity contribution is 7.89. The molecule has 12 heteroatoms. The average Bonchev–Trinajstić information content (AvgIpc) is 3.58. The minimum Gasteiger partial charge on any atom is -0.507 e. The molecule has 4 aromatic rings. The number of aromatic hydroxyl groups is 1. The summed E-state index contributed by atoms with van der Waals surface area (Å²) >= 11 is 1.25. The first-order chi connectivity index (χ1) is 17.7. The van der Waals surface area contributed by atoms with E-state index in [4.69, 9.17) is 4.74 Å². The fourth-order valence-electron chi connectivity index (χ4n) is 3.95. The third-order valence-corrected chi connectivity index (χ3v) is 8.95. The molecule has 0 spiro atoms. The Bertz CT molecular complexity index is 1550. The van der Waals surface area contributed by atoms with Crippen LogP contribution in [-0.2, 0) is 14.8 Å². The maximum absolute atomic E-state index is 12.8.